The molecule has 1 saturated heterocycles. The van der Waals surface area contributed by atoms with Crippen LogP contribution in [0, 0.1) is 11.3 Å². The third-order valence-electron chi connectivity index (χ3n) is 4.87. The van der Waals surface area contributed by atoms with Crippen molar-refractivity contribution in [1.29, 1.82) is 5.26 Å². The van der Waals surface area contributed by atoms with Crippen molar-refractivity contribution in [3.05, 3.63) is 47.4 Å². The standard InChI is InChI=1S/C20H22F3N5/c1-27-8-10-28(11-9-27)7-3-6-17-13-18(26-19(14-24)25-17)15-4-2-5-16(12-15)20(21,22)23/h2,4-5,12-13H,3,6-11H2,1H3. The van der Waals surface area contributed by atoms with E-state index in [0.29, 0.717) is 23.4 Å². The fourth-order valence-electron chi connectivity index (χ4n) is 3.23. The maximum Gasteiger partial charge on any atom is 0.416 e. The summed E-state index contributed by atoms with van der Waals surface area (Å²) in [7, 11) is 2.11. The van der Waals surface area contributed by atoms with Gasteiger partial charge in [-0.1, -0.05) is 12.1 Å². The highest BCUT2D eigenvalue weighted by Crippen LogP contribution is 2.31. The molecule has 1 aromatic heterocycles. The molecule has 2 heterocycles. The molecule has 148 valence electrons. The van der Waals surface area contributed by atoms with Gasteiger partial charge in [-0.15, -0.1) is 0 Å². The van der Waals surface area contributed by atoms with Crippen molar-refractivity contribution in [1.82, 2.24) is 19.8 Å². The van der Waals surface area contributed by atoms with Crippen LogP contribution >= 0.6 is 0 Å². The molecule has 1 aliphatic rings. The highest BCUT2D eigenvalue weighted by atomic mass is 19.4. The van der Waals surface area contributed by atoms with Crippen molar-refractivity contribution >= 4 is 0 Å². The minimum atomic E-state index is -4.42. The fourth-order valence-corrected chi connectivity index (χ4v) is 3.23. The number of piperazine rings is 1. The number of aryl methyl sites for hydroxylation is 1. The average molecular weight is 389 g/mol. The summed E-state index contributed by atoms with van der Waals surface area (Å²) in [5.41, 5.74) is 0.605. The molecule has 1 fully saturated rings. The van der Waals surface area contributed by atoms with Crippen molar-refractivity contribution in [2.24, 2.45) is 0 Å². The molecule has 0 bridgehead atoms. The van der Waals surface area contributed by atoms with Crippen LogP contribution in [-0.4, -0.2) is 59.5 Å². The number of benzene rings is 1. The number of hydrogen-bond donors (Lipinski definition) is 0. The summed E-state index contributed by atoms with van der Waals surface area (Å²) in [6.45, 7) is 5.08. The van der Waals surface area contributed by atoms with Gasteiger partial charge >= 0.3 is 6.18 Å². The topological polar surface area (TPSA) is 56.0 Å². The Morgan fingerprint density at radius 3 is 2.54 bits per heavy atom. The Kier molecular flexibility index (Phi) is 6.27. The number of alkyl halides is 3. The van der Waals surface area contributed by atoms with E-state index in [1.165, 1.54) is 6.07 Å². The Morgan fingerprint density at radius 1 is 1.11 bits per heavy atom. The molecule has 8 heteroatoms. The molecule has 0 unspecified atom stereocenters. The number of nitrogens with zero attached hydrogens (tertiary/aromatic N) is 5. The largest absolute Gasteiger partial charge is 0.416 e. The first-order valence-corrected chi connectivity index (χ1v) is 9.22. The zero-order valence-corrected chi connectivity index (χ0v) is 15.7. The first-order chi connectivity index (χ1) is 13.3. The third-order valence-corrected chi connectivity index (χ3v) is 4.87. The number of hydrogen-bond acceptors (Lipinski definition) is 5. The normalized spacial score (nSPS) is 16.1. The van der Waals surface area contributed by atoms with Crippen LogP contribution in [0.1, 0.15) is 23.5 Å². The molecule has 28 heavy (non-hydrogen) atoms. The maximum atomic E-state index is 13.0. The second kappa shape index (κ2) is 8.67. The molecule has 0 atom stereocenters. The molecule has 0 radical (unpaired) electrons. The van der Waals surface area contributed by atoms with E-state index in [4.69, 9.17) is 0 Å². The van der Waals surface area contributed by atoms with E-state index in [1.807, 2.05) is 6.07 Å². The maximum absolute atomic E-state index is 13.0. The van der Waals surface area contributed by atoms with Gasteiger partial charge in [0.2, 0.25) is 5.82 Å². The van der Waals surface area contributed by atoms with Gasteiger partial charge in [-0.2, -0.15) is 18.4 Å². The molecule has 1 aliphatic heterocycles. The molecule has 3 rings (SSSR count). The Bertz CT molecular complexity index is 852. The molecular formula is C20H22F3N5. The fraction of sp³-hybridized carbons (Fsp3) is 0.450. The molecule has 2 aromatic rings. The SMILES string of the molecule is CN1CCN(CCCc2cc(-c3cccc(C(F)(F)F)c3)nc(C#N)n2)CC1. The van der Waals surface area contributed by atoms with Gasteiger partial charge in [0.25, 0.3) is 0 Å². The number of likely N-dealkylation sites (N-methyl/N-ethyl adjacent to an activating group) is 1. The van der Waals surface area contributed by atoms with E-state index < -0.39 is 11.7 Å². The van der Waals surface area contributed by atoms with E-state index in [-0.39, 0.29) is 5.82 Å². The van der Waals surface area contributed by atoms with Crippen molar-refractivity contribution in [3.63, 3.8) is 0 Å². The quantitative estimate of drug-likeness (QED) is 0.786. The van der Waals surface area contributed by atoms with E-state index in [1.54, 1.807) is 12.1 Å². The monoisotopic (exact) mass is 389 g/mol. The second-order valence-corrected chi connectivity index (χ2v) is 7.01. The van der Waals surface area contributed by atoms with Gasteiger partial charge in [0.05, 0.1) is 11.3 Å². The van der Waals surface area contributed by atoms with Crippen LogP contribution in [0.2, 0.25) is 0 Å². The van der Waals surface area contributed by atoms with Crippen LogP contribution in [0.25, 0.3) is 11.3 Å². The summed E-state index contributed by atoms with van der Waals surface area (Å²) >= 11 is 0. The molecule has 0 saturated carbocycles. The Balaban J connectivity index is 1.73. The van der Waals surface area contributed by atoms with E-state index in [0.717, 1.165) is 51.3 Å². The van der Waals surface area contributed by atoms with Crippen molar-refractivity contribution in [2.75, 3.05) is 39.8 Å². The predicted octanol–water partition coefficient (Wildman–Crippen LogP) is 3.21. The first kappa shape index (κ1) is 20.2. The van der Waals surface area contributed by atoms with E-state index in [2.05, 4.69) is 26.8 Å². The van der Waals surface area contributed by atoms with Crippen LogP contribution in [0.15, 0.2) is 30.3 Å². The van der Waals surface area contributed by atoms with Gasteiger partial charge in [-0.3, -0.25) is 0 Å². The van der Waals surface area contributed by atoms with Gasteiger partial charge in [0.1, 0.15) is 6.07 Å². The predicted molar refractivity (Wildman–Crippen MR) is 99.4 cm³/mol. The van der Waals surface area contributed by atoms with Crippen molar-refractivity contribution in [2.45, 2.75) is 19.0 Å². The van der Waals surface area contributed by atoms with Crippen molar-refractivity contribution < 1.29 is 13.2 Å². The molecule has 0 N–H and O–H groups in total. The zero-order chi connectivity index (χ0) is 20.1. The van der Waals surface area contributed by atoms with Crippen LogP contribution in [0.5, 0.6) is 0 Å². The lowest BCUT2D eigenvalue weighted by molar-refractivity contribution is -0.137. The minimum Gasteiger partial charge on any atom is -0.304 e. The highest BCUT2D eigenvalue weighted by Gasteiger charge is 2.30. The third kappa shape index (κ3) is 5.27. The summed E-state index contributed by atoms with van der Waals surface area (Å²) < 4.78 is 38.9. The van der Waals surface area contributed by atoms with Crippen LogP contribution in [0.4, 0.5) is 13.2 Å². The first-order valence-electron chi connectivity index (χ1n) is 9.22. The summed E-state index contributed by atoms with van der Waals surface area (Å²) in [6, 6.07) is 8.57. The second-order valence-electron chi connectivity index (χ2n) is 7.01. The minimum absolute atomic E-state index is 0.0236. The van der Waals surface area contributed by atoms with E-state index in [9.17, 15) is 18.4 Å². The summed E-state index contributed by atoms with van der Waals surface area (Å²) in [4.78, 5) is 13.0. The number of halogens is 3. The number of nitriles is 1. The van der Waals surface area contributed by atoms with E-state index >= 15 is 0 Å². The molecular weight excluding hydrogens is 367 g/mol. The number of aromatic nitrogens is 2. The lowest BCUT2D eigenvalue weighted by Crippen LogP contribution is -2.44. The molecule has 0 amide bonds. The lowest BCUT2D eigenvalue weighted by atomic mass is 10.1. The average Bonchev–Trinajstić information content (AvgIpc) is 2.69. The molecule has 0 spiro atoms. The van der Waals surface area contributed by atoms with Gasteiger partial charge in [-0.05, 0) is 44.6 Å². The molecule has 1 aromatic carbocycles. The number of rotatable bonds is 5. The Labute approximate surface area is 162 Å². The van der Waals surface area contributed by atoms with Crippen molar-refractivity contribution in [3.8, 4) is 17.3 Å². The zero-order valence-electron chi connectivity index (χ0n) is 15.7. The smallest absolute Gasteiger partial charge is 0.304 e. The Hall–Kier alpha value is -2.50. The van der Waals surface area contributed by atoms with Crippen LogP contribution < -0.4 is 0 Å². The summed E-state index contributed by atoms with van der Waals surface area (Å²) in [6.07, 6.45) is -2.91. The summed E-state index contributed by atoms with van der Waals surface area (Å²) in [5, 5.41) is 9.20. The molecule has 0 aliphatic carbocycles. The van der Waals surface area contributed by atoms with Crippen LogP contribution in [-0.2, 0) is 12.6 Å². The molecule has 5 nitrogen and oxygen atoms in total. The Morgan fingerprint density at radius 2 is 1.86 bits per heavy atom. The van der Waals surface area contributed by atoms with Gasteiger partial charge in [0.15, 0.2) is 0 Å². The van der Waals surface area contributed by atoms with Gasteiger partial charge in [-0.25, -0.2) is 9.97 Å². The summed E-state index contributed by atoms with van der Waals surface area (Å²) in [5.74, 6) is -0.0236. The van der Waals surface area contributed by atoms with Gasteiger partial charge < -0.3 is 9.80 Å². The van der Waals surface area contributed by atoms with Gasteiger partial charge in [0, 0.05) is 37.4 Å². The highest BCUT2D eigenvalue weighted by molar-refractivity contribution is 5.61. The lowest BCUT2D eigenvalue weighted by Gasteiger charge is -2.32. The van der Waals surface area contributed by atoms with Crippen LogP contribution in [0.3, 0.4) is 0 Å².